The van der Waals surface area contributed by atoms with Gasteiger partial charge in [-0.25, -0.2) is 0 Å². The molecule has 1 aromatic heterocycles. The molecule has 0 spiro atoms. The molecule has 0 aliphatic carbocycles. The van der Waals surface area contributed by atoms with Crippen molar-refractivity contribution < 1.29 is 4.52 Å². The highest BCUT2D eigenvalue weighted by Gasteiger charge is 2.19. The Labute approximate surface area is 107 Å². The second-order valence-corrected chi connectivity index (χ2v) is 4.49. The predicted molar refractivity (Wildman–Crippen MR) is 69.0 cm³/mol. The molecule has 5 heteroatoms. The number of nitrogens with two attached hydrogens (primary N) is 1. The molecule has 0 bridgehead atoms. The van der Waals surface area contributed by atoms with Crippen LogP contribution in [0.15, 0.2) is 34.9 Å². The number of aromatic nitrogens is 2. The highest BCUT2D eigenvalue weighted by Crippen LogP contribution is 2.21. The summed E-state index contributed by atoms with van der Waals surface area (Å²) >= 11 is 0. The molecule has 0 aliphatic heterocycles. The van der Waals surface area contributed by atoms with Gasteiger partial charge in [-0.1, -0.05) is 35.5 Å². The molecule has 2 aromatic rings. The number of rotatable bonds is 5. The molecule has 2 N–H and O–H groups in total. The first-order valence-corrected chi connectivity index (χ1v) is 5.93. The first-order valence-electron chi connectivity index (χ1n) is 5.93. The van der Waals surface area contributed by atoms with Gasteiger partial charge in [0.25, 0.3) is 0 Å². The van der Waals surface area contributed by atoms with Gasteiger partial charge in [-0.15, -0.1) is 0 Å². The van der Waals surface area contributed by atoms with Gasteiger partial charge in [0.05, 0.1) is 12.5 Å². The van der Waals surface area contributed by atoms with Crippen LogP contribution in [0.25, 0.3) is 0 Å². The Morgan fingerprint density at radius 3 is 2.61 bits per heavy atom. The van der Waals surface area contributed by atoms with Gasteiger partial charge < -0.3 is 15.2 Å². The third-order valence-electron chi connectivity index (χ3n) is 2.68. The standard InChI is InChI=1S/C13H18N4O/c1-17(2)9-12-15-13(18-16-12)11(8-14)10-6-4-3-5-7-10/h3-7,11H,8-9,14H2,1-2H3. The lowest BCUT2D eigenvalue weighted by Gasteiger charge is -2.09. The van der Waals surface area contributed by atoms with E-state index in [1.54, 1.807) is 0 Å². The van der Waals surface area contributed by atoms with E-state index in [4.69, 9.17) is 10.3 Å². The Kier molecular flexibility index (Phi) is 4.07. The Morgan fingerprint density at radius 2 is 2.00 bits per heavy atom. The SMILES string of the molecule is CN(C)Cc1noc(C(CN)c2ccccc2)n1. The van der Waals surface area contributed by atoms with Crippen molar-refractivity contribution >= 4 is 0 Å². The van der Waals surface area contributed by atoms with Crippen LogP contribution in [0.1, 0.15) is 23.2 Å². The third-order valence-corrected chi connectivity index (χ3v) is 2.68. The van der Waals surface area contributed by atoms with Crippen molar-refractivity contribution in [3.63, 3.8) is 0 Å². The largest absolute Gasteiger partial charge is 0.339 e. The summed E-state index contributed by atoms with van der Waals surface area (Å²) in [7, 11) is 3.93. The first-order chi connectivity index (χ1) is 8.70. The van der Waals surface area contributed by atoms with E-state index in [2.05, 4.69) is 10.1 Å². The molecule has 1 unspecified atom stereocenters. The molecule has 1 aromatic carbocycles. The molecule has 0 amide bonds. The molecule has 5 nitrogen and oxygen atoms in total. The fourth-order valence-corrected chi connectivity index (χ4v) is 1.82. The maximum absolute atomic E-state index is 5.81. The average Bonchev–Trinajstić information content (AvgIpc) is 2.79. The summed E-state index contributed by atoms with van der Waals surface area (Å²) in [4.78, 5) is 6.39. The Hall–Kier alpha value is -1.72. The topological polar surface area (TPSA) is 68.2 Å². The molecule has 2 rings (SSSR count). The van der Waals surface area contributed by atoms with Crippen LogP contribution in [-0.2, 0) is 6.54 Å². The Bertz CT molecular complexity index is 481. The number of nitrogens with zero attached hydrogens (tertiary/aromatic N) is 3. The average molecular weight is 246 g/mol. The number of benzene rings is 1. The quantitative estimate of drug-likeness (QED) is 0.859. The van der Waals surface area contributed by atoms with E-state index >= 15 is 0 Å². The van der Waals surface area contributed by atoms with Gasteiger partial charge in [0.1, 0.15) is 0 Å². The second-order valence-electron chi connectivity index (χ2n) is 4.49. The summed E-state index contributed by atoms with van der Waals surface area (Å²) in [6.45, 7) is 1.11. The van der Waals surface area contributed by atoms with Gasteiger partial charge in [0, 0.05) is 6.54 Å². The summed E-state index contributed by atoms with van der Waals surface area (Å²) < 4.78 is 5.31. The molecule has 1 heterocycles. The van der Waals surface area contributed by atoms with Crippen molar-refractivity contribution in [3.05, 3.63) is 47.6 Å². The third kappa shape index (κ3) is 2.94. The molecule has 0 radical (unpaired) electrons. The molecule has 1 atom stereocenters. The highest BCUT2D eigenvalue weighted by atomic mass is 16.5. The Balaban J connectivity index is 2.20. The minimum atomic E-state index is -0.0328. The molecular weight excluding hydrogens is 228 g/mol. The fraction of sp³-hybridized carbons (Fsp3) is 0.385. The Morgan fingerprint density at radius 1 is 1.28 bits per heavy atom. The van der Waals surface area contributed by atoms with Gasteiger partial charge in [0.15, 0.2) is 5.82 Å². The van der Waals surface area contributed by atoms with E-state index in [0.29, 0.717) is 24.8 Å². The minimum absolute atomic E-state index is 0.0328. The maximum atomic E-state index is 5.81. The van der Waals surface area contributed by atoms with Crippen LogP contribution in [0.3, 0.4) is 0 Å². The van der Waals surface area contributed by atoms with Crippen molar-refractivity contribution in [1.29, 1.82) is 0 Å². The normalized spacial score (nSPS) is 12.9. The van der Waals surface area contributed by atoms with Crippen LogP contribution in [0.2, 0.25) is 0 Å². The minimum Gasteiger partial charge on any atom is -0.339 e. The van der Waals surface area contributed by atoms with Crippen LogP contribution in [0.4, 0.5) is 0 Å². The summed E-state index contributed by atoms with van der Waals surface area (Å²) in [5.74, 6) is 1.24. The van der Waals surface area contributed by atoms with Gasteiger partial charge in [-0.2, -0.15) is 4.98 Å². The molecule has 0 fully saturated rings. The van der Waals surface area contributed by atoms with E-state index in [0.717, 1.165) is 5.56 Å². The van der Waals surface area contributed by atoms with Crippen LogP contribution < -0.4 is 5.73 Å². The van der Waals surface area contributed by atoms with E-state index < -0.39 is 0 Å². The van der Waals surface area contributed by atoms with Crippen molar-refractivity contribution in [2.75, 3.05) is 20.6 Å². The first kappa shape index (κ1) is 12.7. The van der Waals surface area contributed by atoms with E-state index in [9.17, 15) is 0 Å². The van der Waals surface area contributed by atoms with E-state index in [1.807, 2.05) is 49.3 Å². The second kappa shape index (κ2) is 5.75. The van der Waals surface area contributed by atoms with Crippen LogP contribution in [0, 0.1) is 0 Å². The molecule has 96 valence electrons. The summed E-state index contributed by atoms with van der Waals surface area (Å²) in [5.41, 5.74) is 6.91. The maximum Gasteiger partial charge on any atom is 0.235 e. The van der Waals surface area contributed by atoms with E-state index in [-0.39, 0.29) is 5.92 Å². The van der Waals surface area contributed by atoms with Crippen molar-refractivity contribution in [2.45, 2.75) is 12.5 Å². The summed E-state index contributed by atoms with van der Waals surface area (Å²) in [5, 5.41) is 3.97. The van der Waals surface area contributed by atoms with Crippen LogP contribution in [0.5, 0.6) is 0 Å². The van der Waals surface area contributed by atoms with Crippen LogP contribution in [-0.4, -0.2) is 35.7 Å². The number of hydrogen-bond acceptors (Lipinski definition) is 5. The fourth-order valence-electron chi connectivity index (χ4n) is 1.82. The molecule has 0 aliphatic rings. The lowest BCUT2D eigenvalue weighted by atomic mass is 9.99. The van der Waals surface area contributed by atoms with Crippen molar-refractivity contribution in [3.8, 4) is 0 Å². The smallest absolute Gasteiger partial charge is 0.235 e. The predicted octanol–water partition coefficient (Wildman–Crippen LogP) is 1.22. The zero-order valence-electron chi connectivity index (χ0n) is 10.7. The molecule has 18 heavy (non-hydrogen) atoms. The van der Waals surface area contributed by atoms with Crippen molar-refractivity contribution in [2.24, 2.45) is 5.73 Å². The monoisotopic (exact) mass is 246 g/mol. The zero-order chi connectivity index (χ0) is 13.0. The van der Waals surface area contributed by atoms with Crippen LogP contribution >= 0.6 is 0 Å². The molecular formula is C13H18N4O. The van der Waals surface area contributed by atoms with Gasteiger partial charge in [-0.3, -0.25) is 0 Å². The van der Waals surface area contributed by atoms with E-state index in [1.165, 1.54) is 0 Å². The summed E-state index contributed by atoms with van der Waals surface area (Å²) in [6.07, 6.45) is 0. The highest BCUT2D eigenvalue weighted by molar-refractivity contribution is 5.24. The molecule has 0 saturated heterocycles. The van der Waals surface area contributed by atoms with Gasteiger partial charge in [-0.05, 0) is 19.7 Å². The summed E-state index contributed by atoms with van der Waals surface area (Å²) in [6, 6.07) is 9.98. The zero-order valence-corrected chi connectivity index (χ0v) is 10.7. The molecule has 0 saturated carbocycles. The lowest BCUT2D eigenvalue weighted by molar-refractivity contribution is 0.343. The number of hydrogen-bond donors (Lipinski definition) is 1. The van der Waals surface area contributed by atoms with Crippen molar-refractivity contribution in [1.82, 2.24) is 15.0 Å². The van der Waals surface area contributed by atoms with Gasteiger partial charge >= 0.3 is 0 Å². The van der Waals surface area contributed by atoms with Gasteiger partial charge in [0.2, 0.25) is 5.89 Å². The lowest BCUT2D eigenvalue weighted by Crippen LogP contribution is -2.15.